The Bertz CT molecular complexity index is 753. The number of guanidine groups is 1. The molecular weight excluding hydrogens is 507 g/mol. The van der Waals surface area contributed by atoms with Gasteiger partial charge in [0.1, 0.15) is 5.54 Å². The van der Waals surface area contributed by atoms with Crippen LogP contribution in [0.15, 0.2) is 17.3 Å². The molecule has 0 aliphatic carbocycles. The van der Waals surface area contributed by atoms with Gasteiger partial charge in [-0.1, -0.05) is 18.5 Å². The van der Waals surface area contributed by atoms with Crippen LogP contribution in [-0.2, 0) is 18.4 Å². The van der Waals surface area contributed by atoms with Gasteiger partial charge in [0.15, 0.2) is 5.96 Å². The maximum absolute atomic E-state index is 12.4. The number of hydrogen-bond donors (Lipinski definition) is 2. The molecule has 1 fully saturated rings. The van der Waals surface area contributed by atoms with E-state index in [1.165, 1.54) is 4.90 Å². The quantitative estimate of drug-likeness (QED) is 0.175. The minimum Gasteiger partial charge on any atom is -0.357 e. The third-order valence-electron chi connectivity index (χ3n) is 5.02. The van der Waals surface area contributed by atoms with Gasteiger partial charge in [-0.05, 0) is 32.8 Å². The van der Waals surface area contributed by atoms with Crippen LogP contribution in [0.5, 0.6) is 0 Å². The summed E-state index contributed by atoms with van der Waals surface area (Å²) in [6, 6.07) is 1.62. The van der Waals surface area contributed by atoms with Crippen molar-refractivity contribution in [1.82, 2.24) is 25.0 Å². The zero-order chi connectivity index (χ0) is 20.9. The lowest BCUT2D eigenvalue weighted by molar-refractivity contribution is -0.130. The number of imide groups is 1. The molecule has 1 aromatic heterocycles. The van der Waals surface area contributed by atoms with Gasteiger partial charge in [0, 0.05) is 45.6 Å². The molecule has 0 aromatic carbocycles. The second kappa shape index (κ2) is 11.1. The lowest BCUT2D eigenvalue weighted by Crippen LogP contribution is -2.43. The number of halogens is 2. The van der Waals surface area contributed by atoms with Gasteiger partial charge in [0.05, 0.1) is 11.6 Å². The van der Waals surface area contributed by atoms with Gasteiger partial charge in [-0.15, -0.1) is 24.0 Å². The smallest absolute Gasteiger partial charge is 0.325 e. The maximum Gasteiger partial charge on any atom is 0.325 e. The Morgan fingerprint density at radius 2 is 2.07 bits per heavy atom. The second-order valence-corrected chi connectivity index (χ2v) is 7.71. The number of aryl methyl sites for hydroxylation is 1. The van der Waals surface area contributed by atoms with Gasteiger partial charge in [-0.25, -0.2) is 4.79 Å². The molecule has 1 atom stereocenters. The SMILES string of the molecule is CCNC(=NCCCN1C(=O)NC(C)(CC)C1=O)N(C)Cc1cc(Cl)cn1C.I. The maximum atomic E-state index is 12.4. The Labute approximate surface area is 195 Å². The normalized spacial score (nSPS) is 19.2. The van der Waals surface area contributed by atoms with Gasteiger partial charge < -0.3 is 20.1 Å². The van der Waals surface area contributed by atoms with Crippen LogP contribution in [-0.4, -0.2) is 64.5 Å². The van der Waals surface area contributed by atoms with Crippen LogP contribution < -0.4 is 10.6 Å². The van der Waals surface area contributed by atoms with E-state index in [0.29, 0.717) is 37.5 Å². The fourth-order valence-corrected chi connectivity index (χ4v) is 3.39. The Morgan fingerprint density at radius 1 is 1.38 bits per heavy atom. The molecule has 2 N–H and O–H groups in total. The van der Waals surface area contributed by atoms with E-state index in [4.69, 9.17) is 11.6 Å². The number of nitrogens with one attached hydrogen (secondary N) is 2. The van der Waals surface area contributed by atoms with E-state index in [2.05, 4.69) is 15.6 Å². The number of carbonyl (C=O) groups is 2. The van der Waals surface area contributed by atoms with Crippen LogP contribution in [0.3, 0.4) is 0 Å². The van der Waals surface area contributed by atoms with E-state index >= 15 is 0 Å². The van der Waals surface area contributed by atoms with Crippen molar-refractivity contribution in [2.24, 2.45) is 12.0 Å². The summed E-state index contributed by atoms with van der Waals surface area (Å²) in [4.78, 5) is 32.4. The fourth-order valence-electron chi connectivity index (χ4n) is 3.11. The molecule has 1 aliphatic rings. The van der Waals surface area contributed by atoms with Crippen LogP contribution in [0.2, 0.25) is 5.02 Å². The molecule has 0 radical (unpaired) electrons. The highest BCUT2D eigenvalue weighted by atomic mass is 127. The summed E-state index contributed by atoms with van der Waals surface area (Å²) < 4.78 is 1.99. The number of rotatable bonds is 8. The van der Waals surface area contributed by atoms with E-state index in [1.807, 2.05) is 49.7 Å². The van der Waals surface area contributed by atoms with Crippen LogP contribution in [0.4, 0.5) is 4.79 Å². The first-order valence-electron chi connectivity index (χ1n) is 9.66. The zero-order valence-corrected chi connectivity index (χ0v) is 20.9. The lowest BCUT2D eigenvalue weighted by Gasteiger charge is -2.22. The Morgan fingerprint density at radius 3 is 2.59 bits per heavy atom. The van der Waals surface area contributed by atoms with E-state index in [-0.39, 0.29) is 35.9 Å². The molecule has 0 saturated carbocycles. The number of amides is 3. The number of carbonyl (C=O) groups excluding carboxylic acids is 2. The molecule has 164 valence electrons. The van der Waals surface area contributed by atoms with E-state index in [1.54, 1.807) is 6.92 Å². The summed E-state index contributed by atoms with van der Waals surface area (Å²) in [6.07, 6.45) is 3.05. The van der Waals surface area contributed by atoms with Gasteiger partial charge in [0.25, 0.3) is 5.91 Å². The average molecular weight is 539 g/mol. The van der Waals surface area contributed by atoms with Crippen LogP contribution >= 0.6 is 35.6 Å². The minimum atomic E-state index is -0.786. The number of aliphatic imine (C=N–C) groups is 1. The summed E-state index contributed by atoms with van der Waals surface area (Å²) in [5.74, 6) is 0.615. The van der Waals surface area contributed by atoms with E-state index < -0.39 is 5.54 Å². The van der Waals surface area contributed by atoms with Crippen molar-refractivity contribution in [3.05, 3.63) is 23.0 Å². The van der Waals surface area contributed by atoms with Crippen molar-refractivity contribution < 1.29 is 9.59 Å². The van der Waals surface area contributed by atoms with Crippen molar-refractivity contribution in [3.8, 4) is 0 Å². The summed E-state index contributed by atoms with van der Waals surface area (Å²) in [5, 5.41) is 6.75. The van der Waals surface area contributed by atoms with E-state index in [9.17, 15) is 9.59 Å². The topological polar surface area (TPSA) is 82.0 Å². The fraction of sp³-hybridized carbons (Fsp3) is 0.632. The second-order valence-electron chi connectivity index (χ2n) is 7.28. The lowest BCUT2D eigenvalue weighted by atomic mass is 9.99. The third kappa shape index (κ3) is 6.24. The molecule has 1 aromatic rings. The Hall–Kier alpha value is -1.49. The van der Waals surface area contributed by atoms with Crippen molar-refractivity contribution in [2.45, 2.75) is 45.7 Å². The monoisotopic (exact) mass is 538 g/mol. The minimum absolute atomic E-state index is 0. The number of urea groups is 1. The van der Waals surface area contributed by atoms with Crippen molar-refractivity contribution in [1.29, 1.82) is 0 Å². The molecule has 1 aliphatic heterocycles. The molecule has 10 heteroatoms. The number of hydrogen-bond acceptors (Lipinski definition) is 3. The molecule has 1 saturated heterocycles. The highest BCUT2D eigenvalue weighted by Crippen LogP contribution is 2.20. The average Bonchev–Trinajstić information content (AvgIpc) is 3.07. The van der Waals surface area contributed by atoms with Crippen molar-refractivity contribution in [2.75, 3.05) is 26.7 Å². The third-order valence-corrected chi connectivity index (χ3v) is 5.23. The molecule has 0 spiro atoms. The number of aromatic nitrogens is 1. The summed E-state index contributed by atoms with van der Waals surface area (Å²) in [6.45, 7) is 7.96. The molecule has 0 bridgehead atoms. The predicted octanol–water partition coefficient (Wildman–Crippen LogP) is 2.80. The predicted molar refractivity (Wildman–Crippen MR) is 127 cm³/mol. The van der Waals surface area contributed by atoms with Crippen LogP contribution in [0.25, 0.3) is 0 Å². The molecule has 2 rings (SSSR count). The van der Waals surface area contributed by atoms with Crippen LogP contribution in [0, 0.1) is 0 Å². The van der Waals surface area contributed by atoms with E-state index in [0.717, 1.165) is 18.2 Å². The highest BCUT2D eigenvalue weighted by Gasteiger charge is 2.45. The summed E-state index contributed by atoms with van der Waals surface area (Å²) in [7, 11) is 3.92. The van der Waals surface area contributed by atoms with Crippen molar-refractivity contribution >= 4 is 53.5 Å². The summed E-state index contributed by atoms with van der Waals surface area (Å²) in [5.41, 5.74) is 0.294. The number of nitrogens with zero attached hydrogens (tertiary/aromatic N) is 4. The Kier molecular flexibility index (Phi) is 9.74. The van der Waals surface area contributed by atoms with Crippen molar-refractivity contribution in [3.63, 3.8) is 0 Å². The molecule has 1 unspecified atom stereocenters. The molecular formula is C19H32ClIN6O2. The zero-order valence-electron chi connectivity index (χ0n) is 17.8. The van der Waals surface area contributed by atoms with Gasteiger partial charge in [0.2, 0.25) is 0 Å². The Balaban J connectivity index is 0.00000420. The summed E-state index contributed by atoms with van der Waals surface area (Å²) >= 11 is 6.06. The van der Waals surface area contributed by atoms with Gasteiger partial charge in [-0.2, -0.15) is 0 Å². The van der Waals surface area contributed by atoms with Gasteiger partial charge >= 0.3 is 6.03 Å². The highest BCUT2D eigenvalue weighted by molar-refractivity contribution is 14.0. The molecule has 2 heterocycles. The first kappa shape index (κ1) is 25.5. The largest absolute Gasteiger partial charge is 0.357 e. The first-order valence-corrected chi connectivity index (χ1v) is 10.0. The standard InChI is InChI=1S/C19H31ClN6O2.HI/c1-6-19(3)16(27)26(18(28)23-19)10-8-9-22-17(21-7-2)25(5)13-15-11-14(20)12-24(15)4;/h11-12H,6-10,13H2,1-5H3,(H,21,22)(H,23,28);1H. The molecule has 8 nitrogen and oxygen atoms in total. The molecule has 29 heavy (non-hydrogen) atoms. The van der Waals surface area contributed by atoms with Gasteiger partial charge in [-0.3, -0.25) is 14.7 Å². The van der Waals surface area contributed by atoms with Crippen LogP contribution in [0.1, 0.15) is 39.3 Å². The molecule has 3 amide bonds. The first-order chi connectivity index (χ1) is 13.2.